The molecule has 0 atom stereocenters. The highest BCUT2D eigenvalue weighted by Crippen LogP contribution is 2.26. The third kappa shape index (κ3) is 4.01. The summed E-state index contributed by atoms with van der Waals surface area (Å²) in [6, 6.07) is 5.55. The fraction of sp³-hybridized carbons (Fsp3) is 0.300. The highest BCUT2D eigenvalue weighted by atomic mass is 35.5. The number of carbonyl (C=O) groups excluding carboxylic acids is 1. The molecule has 3 nitrogen and oxygen atoms in total. The van der Waals surface area contributed by atoms with Gasteiger partial charge in [0, 0.05) is 5.75 Å². The molecule has 0 aromatic heterocycles. The lowest BCUT2D eigenvalue weighted by atomic mass is 10.2. The molecule has 5 heteroatoms. The summed E-state index contributed by atoms with van der Waals surface area (Å²) in [7, 11) is 1.57. The maximum atomic E-state index is 10.5. The number of ether oxygens (including phenoxy) is 1. The summed E-state index contributed by atoms with van der Waals surface area (Å²) < 4.78 is 5.03. The predicted octanol–water partition coefficient (Wildman–Crippen LogP) is 2.07. The highest BCUT2D eigenvalue weighted by molar-refractivity contribution is 7.99. The highest BCUT2D eigenvalue weighted by Gasteiger charge is 2.02. The number of benzene rings is 1. The Morgan fingerprint density at radius 2 is 2.33 bits per heavy atom. The Morgan fingerprint density at radius 1 is 1.60 bits per heavy atom. The van der Waals surface area contributed by atoms with E-state index in [0.717, 1.165) is 5.56 Å². The maximum absolute atomic E-state index is 10.5. The minimum absolute atomic E-state index is 0.306. The zero-order valence-electron chi connectivity index (χ0n) is 8.33. The molecule has 1 rings (SSSR count). The van der Waals surface area contributed by atoms with Gasteiger partial charge in [-0.2, -0.15) is 0 Å². The van der Waals surface area contributed by atoms with E-state index in [0.29, 0.717) is 22.3 Å². The van der Waals surface area contributed by atoms with E-state index >= 15 is 0 Å². The van der Waals surface area contributed by atoms with Gasteiger partial charge < -0.3 is 10.5 Å². The van der Waals surface area contributed by atoms with Crippen LogP contribution in [0.1, 0.15) is 5.56 Å². The van der Waals surface area contributed by atoms with Crippen LogP contribution in [-0.2, 0) is 10.5 Å². The van der Waals surface area contributed by atoms with Gasteiger partial charge in [-0.15, -0.1) is 11.8 Å². The van der Waals surface area contributed by atoms with Gasteiger partial charge in [0.15, 0.2) is 0 Å². The van der Waals surface area contributed by atoms with E-state index < -0.39 is 0 Å². The van der Waals surface area contributed by atoms with Gasteiger partial charge in [0.2, 0.25) is 5.91 Å². The van der Waals surface area contributed by atoms with Crippen LogP contribution in [0.15, 0.2) is 18.2 Å². The van der Waals surface area contributed by atoms with Crippen LogP contribution in [0.4, 0.5) is 0 Å². The first-order chi connectivity index (χ1) is 7.13. The molecule has 82 valence electrons. The second kappa shape index (κ2) is 5.88. The maximum Gasteiger partial charge on any atom is 0.227 e. The number of rotatable bonds is 5. The average Bonchev–Trinajstić information content (AvgIpc) is 2.17. The van der Waals surface area contributed by atoms with Gasteiger partial charge in [-0.1, -0.05) is 17.7 Å². The van der Waals surface area contributed by atoms with Crippen molar-refractivity contribution >= 4 is 29.3 Å². The molecule has 1 aromatic carbocycles. The van der Waals surface area contributed by atoms with Gasteiger partial charge in [0.1, 0.15) is 5.75 Å². The van der Waals surface area contributed by atoms with Crippen LogP contribution in [0.5, 0.6) is 5.75 Å². The molecule has 0 saturated heterocycles. The second-order valence-corrected chi connectivity index (χ2v) is 4.32. The largest absolute Gasteiger partial charge is 0.495 e. The number of thioether (sulfide) groups is 1. The van der Waals surface area contributed by atoms with Crippen molar-refractivity contribution in [1.29, 1.82) is 0 Å². The van der Waals surface area contributed by atoms with Crippen LogP contribution in [0.25, 0.3) is 0 Å². The van der Waals surface area contributed by atoms with Gasteiger partial charge in [-0.05, 0) is 17.7 Å². The zero-order chi connectivity index (χ0) is 11.3. The minimum atomic E-state index is -0.306. The first-order valence-corrected chi connectivity index (χ1v) is 5.85. The Hall–Kier alpha value is -0.870. The van der Waals surface area contributed by atoms with Crippen molar-refractivity contribution in [3.8, 4) is 5.75 Å². The van der Waals surface area contributed by atoms with Crippen molar-refractivity contribution in [2.45, 2.75) is 5.75 Å². The van der Waals surface area contributed by atoms with Crippen molar-refractivity contribution in [2.75, 3.05) is 12.9 Å². The normalized spacial score (nSPS) is 10.0. The number of carbonyl (C=O) groups is 1. The summed E-state index contributed by atoms with van der Waals surface area (Å²) in [6.45, 7) is 0. The Balaban J connectivity index is 2.55. The number of nitrogens with two attached hydrogens (primary N) is 1. The number of methoxy groups -OCH3 is 1. The molecule has 15 heavy (non-hydrogen) atoms. The number of primary amides is 1. The van der Waals surface area contributed by atoms with Gasteiger partial charge in [-0.3, -0.25) is 4.79 Å². The van der Waals surface area contributed by atoms with E-state index in [1.165, 1.54) is 11.8 Å². The van der Waals surface area contributed by atoms with Crippen molar-refractivity contribution < 1.29 is 9.53 Å². The van der Waals surface area contributed by atoms with E-state index in [1.54, 1.807) is 7.11 Å². The summed E-state index contributed by atoms with van der Waals surface area (Å²) in [6.07, 6.45) is 0. The van der Waals surface area contributed by atoms with Crippen molar-refractivity contribution in [3.05, 3.63) is 28.8 Å². The quantitative estimate of drug-likeness (QED) is 0.864. The fourth-order valence-corrected chi connectivity index (χ4v) is 2.07. The Bertz CT molecular complexity index is 357. The lowest BCUT2D eigenvalue weighted by molar-refractivity contribution is -0.115. The summed E-state index contributed by atoms with van der Waals surface area (Å²) in [5.74, 6) is 1.39. The monoisotopic (exact) mass is 245 g/mol. The van der Waals surface area contributed by atoms with Crippen molar-refractivity contribution in [1.82, 2.24) is 0 Å². The van der Waals surface area contributed by atoms with Crippen LogP contribution in [0.2, 0.25) is 5.02 Å². The Kier molecular flexibility index (Phi) is 4.78. The molecule has 0 aliphatic carbocycles. The molecule has 0 aliphatic heterocycles. The Morgan fingerprint density at radius 3 is 2.87 bits per heavy atom. The van der Waals surface area contributed by atoms with E-state index in [-0.39, 0.29) is 5.91 Å². The molecule has 1 amide bonds. The van der Waals surface area contributed by atoms with Gasteiger partial charge in [0.25, 0.3) is 0 Å². The van der Waals surface area contributed by atoms with Crippen LogP contribution >= 0.6 is 23.4 Å². The molecule has 0 heterocycles. The van der Waals surface area contributed by atoms with Crippen LogP contribution in [0, 0.1) is 0 Å². The molecule has 2 N–H and O–H groups in total. The van der Waals surface area contributed by atoms with Crippen LogP contribution < -0.4 is 10.5 Å². The van der Waals surface area contributed by atoms with E-state index in [9.17, 15) is 4.79 Å². The summed E-state index contributed by atoms with van der Waals surface area (Å²) >= 11 is 7.41. The van der Waals surface area contributed by atoms with E-state index in [1.807, 2.05) is 18.2 Å². The summed E-state index contributed by atoms with van der Waals surface area (Å²) in [4.78, 5) is 10.5. The van der Waals surface area contributed by atoms with Crippen molar-refractivity contribution in [2.24, 2.45) is 5.73 Å². The van der Waals surface area contributed by atoms with E-state index in [4.69, 9.17) is 22.1 Å². The molecule has 1 aromatic rings. The molecule has 0 unspecified atom stereocenters. The molecule has 0 bridgehead atoms. The van der Waals surface area contributed by atoms with Gasteiger partial charge in [-0.25, -0.2) is 0 Å². The molecule has 0 spiro atoms. The lowest BCUT2D eigenvalue weighted by Crippen LogP contribution is -2.13. The average molecular weight is 246 g/mol. The van der Waals surface area contributed by atoms with E-state index in [2.05, 4.69) is 0 Å². The number of amides is 1. The molecule has 0 aliphatic rings. The Labute approximate surface area is 97.9 Å². The first-order valence-electron chi connectivity index (χ1n) is 4.32. The zero-order valence-corrected chi connectivity index (χ0v) is 9.90. The summed E-state index contributed by atoms with van der Waals surface area (Å²) in [5.41, 5.74) is 6.07. The van der Waals surface area contributed by atoms with Gasteiger partial charge >= 0.3 is 0 Å². The number of halogens is 1. The molecule has 0 radical (unpaired) electrons. The first kappa shape index (κ1) is 12.2. The molecule has 0 fully saturated rings. The number of hydrogen-bond acceptors (Lipinski definition) is 3. The van der Waals surface area contributed by atoms with Crippen molar-refractivity contribution in [3.63, 3.8) is 0 Å². The third-order valence-electron chi connectivity index (χ3n) is 1.73. The summed E-state index contributed by atoms with van der Waals surface area (Å²) in [5, 5.41) is 0.578. The fourth-order valence-electron chi connectivity index (χ4n) is 1.07. The minimum Gasteiger partial charge on any atom is -0.495 e. The van der Waals surface area contributed by atoms with Gasteiger partial charge in [0.05, 0.1) is 17.9 Å². The molecular formula is C10H12ClNO2S. The molecular weight excluding hydrogens is 234 g/mol. The predicted molar refractivity (Wildman–Crippen MR) is 63.4 cm³/mol. The number of hydrogen-bond donors (Lipinski definition) is 1. The smallest absolute Gasteiger partial charge is 0.227 e. The SMILES string of the molecule is COc1ccc(CSCC(N)=O)cc1Cl. The van der Waals surface area contributed by atoms with Crippen LogP contribution in [-0.4, -0.2) is 18.8 Å². The third-order valence-corrected chi connectivity index (χ3v) is 3.05. The van der Waals surface area contributed by atoms with Crippen LogP contribution in [0.3, 0.4) is 0 Å². The second-order valence-electron chi connectivity index (χ2n) is 2.93. The standard InChI is InChI=1S/C10H12ClNO2S/c1-14-9-3-2-7(4-8(9)11)5-15-6-10(12)13/h2-4H,5-6H2,1H3,(H2,12,13). The molecule has 0 saturated carbocycles. The topological polar surface area (TPSA) is 52.3 Å². The lowest BCUT2D eigenvalue weighted by Gasteiger charge is -2.05.